The van der Waals surface area contributed by atoms with Crippen molar-refractivity contribution in [3.05, 3.63) is 22.4 Å². The summed E-state index contributed by atoms with van der Waals surface area (Å²) in [5, 5.41) is 8.04. The predicted molar refractivity (Wildman–Crippen MR) is 74.1 cm³/mol. The van der Waals surface area contributed by atoms with E-state index in [0.29, 0.717) is 6.04 Å². The van der Waals surface area contributed by atoms with Crippen molar-refractivity contribution in [2.45, 2.75) is 58.4 Å². The van der Waals surface area contributed by atoms with Gasteiger partial charge in [-0.3, -0.25) is 0 Å². The summed E-state index contributed by atoms with van der Waals surface area (Å²) in [5.74, 6) is 0. The minimum Gasteiger partial charge on any atom is -0.310 e. The smallest absolute Gasteiger partial charge is 0.0328 e. The highest BCUT2D eigenvalue weighted by Gasteiger charge is 2.09. The molecule has 0 fully saturated rings. The van der Waals surface area contributed by atoms with Gasteiger partial charge in [0.2, 0.25) is 0 Å². The Kier molecular flexibility index (Phi) is 7.52. The first-order valence-corrected chi connectivity index (χ1v) is 7.58. The second-order valence-corrected chi connectivity index (χ2v) is 5.15. The zero-order chi connectivity index (χ0) is 11.6. The summed E-state index contributed by atoms with van der Waals surface area (Å²) in [6.45, 7) is 5.53. The van der Waals surface area contributed by atoms with E-state index >= 15 is 0 Å². The molecule has 1 aromatic rings. The molecule has 92 valence electrons. The van der Waals surface area contributed by atoms with Crippen molar-refractivity contribution in [3.8, 4) is 0 Å². The molecule has 1 unspecified atom stereocenters. The number of unbranched alkanes of at least 4 members (excludes halogenated alkanes) is 4. The first-order chi connectivity index (χ1) is 7.88. The van der Waals surface area contributed by atoms with E-state index in [1.54, 1.807) is 11.3 Å². The van der Waals surface area contributed by atoms with Gasteiger partial charge in [-0.05, 0) is 35.4 Å². The summed E-state index contributed by atoms with van der Waals surface area (Å²) in [6, 6.07) is 2.84. The third-order valence-corrected chi connectivity index (χ3v) is 3.69. The van der Waals surface area contributed by atoms with Crippen LogP contribution in [0.3, 0.4) is 0 Å². The highest BCUT2D eigenvalue weighted by molar-refractivity contribution is 7.07. The van der Waals surface area contributed by atoms with Crippen LogP contribution in [0, 0.1) is 0 Å². The molecular formula is C14H25NS. The highest BCUT2D eigenvalue weighted by atomic mass is 32.1. The predicted octanol–water partition coefficient (Wildman–Crippen LogP) is 4.76. The van der Waals surface area contributed by atoms with Crippen LogP contribution in [-0.4, -0.2) is 6.54 Å². The van der Waals surface area contributed by atoms with Gasteiger partial charge < -0.3 is 5.32 Å². The number of thiophene rings is 1. The minimum absolute atomic E-state index is 0.581. The molecule has 1 rings (SSSR count). The fourth-order valence-corrected chi connectivity index (χ4v) is 2.77. The molecule has 0 radical (unpaired) electrons. The van der Waals surface area contributed by atoms with Crippen LogP contribution in [0.1, 0.15) is 64.0 Å². The molecule has 1 aromatic heterocycles. The van der Waals surface area contributed by atoms with E-state index in [1.807, 2.05) is 0 Å². The van der Waals surface area contributed by atoms with Crippen LogP contribution in [0.25, 0.3) is 0 Å². The van der Waals surface area contributed by atoms with Crippen molar-refractivity contribution in [1.82, 2.24) is 5.32 Å². The van der Waals surface area contributed by atoms with Crippen LogP contribution in [0.2, 0.25) is 0 Å². The molecule has 0 spiro atoms. The standard InChI is InChI=1S/C14H25NS/c1-3-5-6-7-8-9-14(15-4-2)13-10-11-16-12-13/h10-12,14-15H,3-9H2,1-2H3. The van der Waals surface area contributed by atoms with Crippen molar-refractivity contribution in [2.75, 3.05) is 6.54 Å². The van der Waals surface area contributed by atoms with E-state index < -0.39 is 0 Å². The molecular weight excluding hydrogens is 214 g/mol. The van der Waals surface area contributed by atoms with E-state index in [9.17, 15) is 0 Å². The van der Waals surface area contributed by atoms with Crippen molar-refractivity contribution in [1.29, 1.82) is 0 Å². The van der Waals surface area contributed by atoms with Gasteiger partial charge in [-0.1, -0.05) is 46.0 Å². The van der Waals surface area contributed by atoms with Gasteiger partial charge in [0.25, 0.3) is 0 Å². The lowest BCUT2D eigenvalue weighted by molar-refractivity contribution is 0.480. The quantitative estimate of drug-likeness (QED) is 0.613. The van der Waals surface area contributed by atoms with Gasteiger partial charge in [0.15, 0.2) is 0 Å². The third kappa shape index (κ3) is 5.13. The largest absolute Gasteiger partial charge is 0.310 e. The van der Waals surface area contributed by atoms with Gasteiger partial charge in [-0.2, -0.15) is 11.3 Å². The SMILES string of the molecule is CCCCCCCC(NCC)c1ccsc1. The summed E-state index contributed by atoms with van der Waals surface area (Å²) in [4.78, 5) is 0. The lowest BCUT2D eigenvalue weighted by Crippen LogP contribution is -2.20. The van der Waals surface area contributed by atoms with Crippen LogP contribution >= 0.6 is 11.3 Å². The van der Waals surface area contributed by atoms with Gasteiger partial charge in [0.1, 0.15) is 0 Å². The fraction of sp³-hybridized carbons (Fsp3) is 0.714. The summed E-state index contributed by atoms with van der Waals surface area (Å²) in [5.41, 5.74) is 1.47. The molecule has 0 saturated heterocycles. The summed E-state index contributed by atoms with van der Waals surface area (Å²) in [6.07, 6.45) is 8.16. The van der Waals surface area contributed by atoms with Gasteiger partial charge in [-0.15, -0.1) is 0 Å². The average Bonchev–Trinajstić information content (AvgIpc) is 2.81. The van der Waals surface area contributed by atoms with Crippen LogP contribution in [-0.2, 0) is 0 Å². The Balaban J connectivity index is 2.24. The summed E-state index contributed by atoms with van der Waals surface area (Å²) in [7, 11) is 0. The Morgan fingerprint density at radius 1 is 1.19 bits per heavy atom. The summed E-state index contributed by atoms with van der Waals surface area (Å²) < 4.78 is 0. The van der Waals surface area contributed by atoms with Gasteiger partial charge in [-0.25, -0.2) is 0 Å². The van der Waals surface area contributed by atoms with Gasteiger partial charge in [0, 0.05) is 6.04 Å². The van der Waals surface area contributed by atoms with Crippen LogP contribution in [0.4, 0.5) is 0 Å². The Labute approximate surface area is 104 Å². The molecule has 1 N–H and O–H groups in total. The molecule has 0 aliphatic carbocycles. The molecule has 0 amide bonds. The number of rotatable bonds is 9. The Bertz CT molecular complexity index is 243. The topological polar surface area (TPSA) is 12.0 Å². The molecule has 1 atom stereocenters. The maximum Gasteiger partial charge on any atom is 0.0328 e. The average molecular weight is 239 g/mol. The zero-order valence-corrected chi connectivity index (χ0v) is 11.5. The monoisotopic (exact) mass is 239 g/mol. The van der Waals surface area contributed by atoms with Gasteiger partial charge >= 0.3 is 0 Å². The fourth-order valence-electron chi connectivity index (χ4n) is 2.06. The van der Waals surface area contributed by atoms with Crippen molar-refractivity contribution >= 4 is 11.3 Å². The maximum absolute atomic E-state index is 3.58. The first-order valence-electron chi connectivity index (χ1n) is 6.64. The highest BCUT2D eigenvalue weighted by Crippen LogP contribution is 2.22. The second-order valence-electron chi connectivity index (χ2n) is 4.37. The molecule has 0 aromatic carbocycles. The molecule has 0 aliphatic heterocycles. The molecule has 16 heavy (non-hydrogen) atoms. The number of nitrogens with one attached hydrogen (secondary N) is 1. The normalized spacial score (nSPS) is 12.9. The van der Waals surface area contributed by atoms with Crippen LogP contribution in [0.5, 0.6) is 0 Å². The maximum atomic E-state index is 3.58. The third-order valence-electron chi connectivity index (χ3n) is 2.99. The van der Waals surface area contributed by atoms with Crippen molar-refractivity contribution < 1.29 is 0 Å². The minimum atomic E-state index is 0.581. The van der Waals surface area contributed by atoms with E-state index in [-0.39, 0.29) is 0 Å². The lowest BCUT2D eigenvalue weighted by atomic mass is 10.0. The Morgan fingerprint density at radius 2 is 2.00 bits per heavy atom. The van der Waals surface area contributed by atoms with Crippen LogP contribution in [0.15, 0.2) is 16.8 Å². The molecule has 2 heteroatoms. The Morgan fingerprint density at radius 3 is 2.62 bits per heavy atom. The Hall–Kier alpha value is -0.340. The lowest BCUT2D eigenvalue weighted by Gasteiger charge is -2.16. The number of hydrogen-bond donors (Lipinski definition) is 1. The van der Waals surface area contributed by atoms with E-state index in [0.717, 1.165) is 6.54 Å². The van der Waals surface area contributed by atoms with Crippen molar-refractivity contribution in [2.24, 2.45) is 0 Å². The van der Waals surface area contributed by atoms with E-state index in [2.05, 4.69) is 36.0 Å². The molecule has 1 nitrogen and oxygen atoms in total. The molecule has 1 heterocycles. The van der Waals surface area contributed by atoms with E-state index in [1.165, 1.54) is 44.1 Å². The number of hydrogen-bond acceptors (Lipinski definition) is 2. The first kappa shape index (κ1) is 13.7. The molecule has 0 saturated carbocycles. The second kappa shape index (κ2) is 8.77. The zero-order valence-electron chi connectivity index (χ0n) is 10.7. The van der Waals surface area contributed by atoms with E-state index in [4.69, 9.17) is 0 Å². The van der Waals surface area contributed by atoms with Crippen molar-refractivity contribution in [3.63, 3.8) is 0 Å². The molecule has 0 bridgehead atoms. The summed E-state index contributed by atoms with van der Waals surface area (Å²) >= 11 is 1.80. The van der Waals surface area contributed by atoms with Gasteiger partial charge in [0.05, 0.1) is 0 Å². The van der Waals surface area contributed by atoms with Crippen LogP contribution < -0.4 is 5.32 Å². The molecule has 0 aliphatic rings.